The maximum Gasteiger partial charge on any atom is 0.293 e. The predicted molar refractivity (Wildman–Crippen MR) is 113 cm³/mol. The van der Waals surface area contributed by atoms with Gasteiger partial charge in [0, 0.05) is 48.8 Å². The van der Waals surface area contributed by atoms with Crippen molar-refractivity contribution in [3.05, 3.63) is 62.1 Å². The van der Waals surface area contributed by atoms with E-state index >= 15 is 0 Å². The van der Waals surface area contributed by atoms with E-state index in [9.17, 15) is 18.5 Å². The zero-order valence-electron chi connectivity index (χ0n) is 15.6. The number of piperazine rings is 1. The molecule has 1 aliphatic rings. The molecule has 1 saturated heterocycles. The van der Waals surface area contributed by atoms with Gasteiger partial charge in [-0.1, -0.05) is 29.3 Å². The Morgan fingerprint density at radius 2 is 1.79 bits per heavy atom. The van der Waals surface area contributed by atoms with Crippen molar-refractivity contribution in [3.63, 3.8) is 0 Å². The summed E-state index contributed by atoms with van der Waals surface area (Å²) < 4.78 is 27.1. The van der Waals surface area contributed by atoms with Gasteiger partial charge in [0.15, 0.2) is 0 Å². The number of rotatable bonds is 6. The van der Waals surface area contributed by atoms with Crippen LogP contribution in [0.5, 0.6) is 0 Å². The van der Waals surface area contributed by atoms with Crippen LogP contribution in [0.4, 0.5) is 11.4 Å². The Kier molecular flexibility index (Phi) is 6.65. The molecule has 29 heavy (non-hydrogen) atoms. The lowest BCUT2D eigenvalue weighted by molar-refractivity contribution is -0.384. The van der Waals surface area contributed by atoms with Crippen molar-refractivity contribution in [2.75, 3.05) is 38.5 Å². The van der Waals surface area contributed by atoms with Crippen LogP contribution in [0.1, 0.15) is 5.56 Å². The Balaban J connectivity index is 1.84. The van der Waals surface area contributed by atoms with Crippen LogP contribution in [0.2, 0.25) is 10.0 Å². The van der Waals surface area contributed by atoms with E-state index in [4.69, 9.17) is 23.2 Å². The predicted octanol–water partition coefficient (Wildman–Crippen LogP) is 3.45. The molecule has 8 nitrogen and oxygen atoms in total. The van der Waals surface area contributed by atoms with E-state index < -0.39 is 14.9 Å². The highest BCUT2D eigenvalue weighted by Crippen LogP contribution is 2.30. The lowest BCUT2D eigenvalue weighted by Crippen LogP contribution is -2.47. The van der Waals surface area contributed by atoms with E-state index in [0.717, 1.165) is 6.07 Å². The minimum absolute atomic E-state index is 0.0937. The molecule has 3 rings (SSSR count). The highest BCUT2D eigenvalue weighted by Gasteiger charge is 2.29. The van der Waals surface area contributed by atoms with Gasteiger partial charge in [0.2, 0.25) is 10.0 Å². The number of hydrogen-bond donors (Lipinski definition) is 1. The lowest BCUT2D eigenvalue weighted by Gasteiger charge is -2.31. The quantitative estimate of drug-likeness (QED) is 0.525. The highest BCUT2D eigenvalue weighted by atomic mass is 35.5. The van der Waals surface area contributed by atoms with Crippen molar-refractivity contribution in [3.8, 4) is 0 Å². The van der Waals surface area contributed by atoms with Crippen LogP contribution in [-0.4, -0.2) is 55.8 Å². The van der Waals surface area contributed by atoms with E-state index in [2.05, 4.69) is 5.32 Å². The number of benzene rings is 2. The van der Waals surface area contributed by atoms with Crippen LogP contribution in [0.25, 0.3) is 0 Å². The molecular weight excluding hydrogens is 439 g/mol. The number of likely N-dealkylation sites (N-methyl/N-ethyl adjacent to an activating group) is 1. The Labute approximate surface area is 179 Å². The number of sulfonamides is 1. The molecule has 2 aromatic carbocycles. The van der Waals surface area contributed by atoms with Gasteiger partial charge in [0.25, 0.3) is 5.69 Å². The Hall–Kier alpha value is -1.91. The maximum atomic E-state index is 12.9. The maximum absolute atomic E-state index is 12.9. The van der Waals surface area contributed by atoms with E-state index in [0.29, 0.717) is 41.8 Å². The molecule has 156 valence electrons. The monoisotopic (exact) mass is 458 g/mol. The Morgan fingerprint density at radius 3 is 2.41 bits per heavy atom. The van der Waals surface area contributed by atoms with Gasteiger partial charge in [0.05, 0.1) is 9.82 Å². The first-order valence-electron chi connectivity index (χ1n) is 8.83. The van der Waals surface area contributed by atoms with Crippen LogP contribution >= 0.6 is 23.2 Å². The zero-order valence-corrected chi connectivity index (χ0v) is 18.0. The summed E-state index contributed by atoms with van der Waals surface area (Å²) in [5, 5.41) is 15.4. The molecule has 0 aliphatic carbocycles. The minimum atomic E-state index is -3.80. The standard InChI is InChI=1S/C18H20Cl2N4O4S/c1-22-6-8-23(9-7-22)29(27,28)15-4-5-17(18(11-15)24(25)26)21-12-13-2-3-14(19)10-16(13)20/h2-5,10-11,21H,6-9,12H2,1H3. The van der Waals surface area contributed by atoms with Crippen molar-refractivity contribution in [1.82, 2.24) is 9.21 Å². The number of hydrogen-bond acceptors (Lipinski definition) is 6. The van der Waals surface area contributed by atoms with Crippen molar-refractivity contribution >= 4 is 44.6 Å². The van der Waals surface area contributed by atoms with Crippen LogP contribution in [0, 0.1) is 10.1 Å². The average molecular weight is 459 g/mol. The largest absolute Gasteiger partial charge is 0.375 e. The summed E-state index contributed by atoms with van der Waals surface area (Å²) in [5.41, 5.74) is 0.600. The second-order valence-corrected chi connectivity index (χ2v) is 9.51. The molecule has 0 radical (unpaired) electrons. The van der Waals surface area contributed by atoms with Crippen LogP contribution in [-0.2, 0) is 16.6 Å². The summed E-state index contributed by atoms with van der Waals surface area (Å²) in [5.74, 6) is 0. The third-order valence-corrected chi connectivity index (χ3v) is 7.23. The normalized spacial score (nSPS) is 16.0. The highest BCUT2D eigenvalue weighted by molar-refractivity contribution is 7.89. The van der Waals surface area contributed by atoms with Gasteiger partial charge in [-0.05, 0) is 36.9 Å². The third kappa shape index (κ3) is 4.99. The summed E-state index contributed by atoms with van der Waals surface area (Å²) in [7, 11) is -1.88. The Morgan fingerprint density at radius 1 is 1.10 bits per heavy atom. The van der Waals surface area contributed by atoms with Gasteiger partial charge in [-0.15, -0.1) is 0 Å². The fourth-order valence-electron chi connectivity index (χ4n) is 3.01. The molecule has 1 N–H and O–H groups in total. The van der Waals surface area contributed by atoms with Gasteiger partial charge in [-0.25, -0.2) is 8.42 Å². The minimum Gasteiger partial charge on any atom is -0.375 e. The SMILES string of the molecule is CN1CCN(S(=O)(=O)c2ccc(NCc3ccc(Cl)cc3Cl)c([N+](=O)[O-])c2)CC1. The molecule has 2 aromatic rings. The molecule has 0 spiro atoms. The molecule has 0 unspecified atom stereocenters. The summed E-state index contributed by atoms with van der Waals surface area (Å²) in [6.45, 7) is 2.15. The van der Waals surface area contributed by atoms with Gasteiger partial charge >= 0.3 is 0 Å². The van der Waals surface area contributed by atoms with Gasteiger partial charge in [0.1, 0.15) is 5.69 Å². The van der Waals surface area contributed by atoms with Crippen molar-refractivity contribution in [2.45, 2.75) is 11.4 Å². The van der Waals surface area contributed by atoms with Crippen molar-refractivity contribution in [2.24, 2.45) is 0 Å². The number of nitro benzene ring substituents is 1. The molecular formula is C18H20Cl2N4O4S. The fraction of sp³-hybridized carbons (Fsp3) is 0.333. The molecule has 0 atom stereocenters. The van der Waals surface area contributed by atoms with Gasteiger partial charge in [-0.2, -0.15) is 4.31 Å². The number of anilines is 1. The molecule has 0 saturated carbocycles. The number of halogens is 2. The van der Waals surface area contributed by atoms with E-state index in [1.165, 1.54) is 16.4 Å². The van der Waals surface area contributed by atoms with Crippen molar-refractivity contribution in [1.29, 1.82) is 0 Å². The van der Waals surface area contributed by atoms with Crippen LogP contribution < -0.4 is 5.32 Å². The average Bonchev–Trinajstić information content (AvgIpc) is 2.67. The summed E-state index contributed by atoms with van der Waals surface area (Å²) in [6.07, 6.45) is 0. The summed E-state index contributed by atoms with van der Waals surface area (Å²) >= 11 is 12.0. The van der Waals surface area contributed by atoms with Crippen LogP contribution in [0.3, 0.4) is 0 Å². The lowest BCUT2D eigenvalue weighted by atomic mass is 10.2. The van der Waals surface area contributed by atoms with E-state index in [-0.39, 0.29) is 22.8 Å². The molecule has 11 heteroatoms. The van der Waals surface area contributed by atoms with Gasteiger partial charge < -0.3 is 10.2 Å². The molecule has 1 aliphatic heterocycles. The van der Waals surface area contributed by atoms with Gasteiger partial charge in [-0.3, -0.25) is 10.1 Å². The van der Waals surface area contributed by atoms with Crippen molar-refractivity contribution < 1.29 is 13.3 Å². The zero-order chi connectivity index (χ0) is 21.2. The molecule has 0 amide bonds. The second kappa shape index (κ2) is 8.85. The summed E-state index contributed by atoms with van der Waals surface area (Å²) in [4.78, 5) is 12.9. The topological polar surface area (TPSA) is 95.8 Å². The first kappa shape index (κ1) is 21.8. The summed E-state index contributed by atoms with van der Waals surface area (Å²) in [6, 6.07) is 8.86. The van der Waals surface area contributed by atoms with E-state index in [1.54, 1.807) is 18.2 Å². The van der Waals surface area contributed by atoms with Crippen LogP contribution in [0.15, 0.2) is 41.3 Å². The molecule has 0 aromatic heterocycles. The molecule has 0 bridgehead atoms. The first-order valence-corrected chi connectivity index (χ1v) is 11.0. The van der Waals surface area contributed by atoms with E-state index in [1.807, 2.05) is 11.9 Å². The molecule has 1 heterocycles. The first-order chi connectivity index (χ1) is 13.7. The third-order valence-electron chi connectivity index (χ3n) is 4.75. The smallest absolute Gasteiger partial charge is 0.293 e. The molecule has 1 fully saturated rings. The number of nitrogens with zero attached hydrogens (tertiary/aromatic N) is 3. The number of nitrogens with one attached hydrogen (secondary N) is 1. The number of nitro groups is 1. The fourth-order valence-corrected chi connectivity index (χ4v) is 4.92. The Bertz CT molecular complexity index is 1020. The second-order valence-electron chi connectivity index (χ2n) is 6.73.